The van der Waals surface area contributed by atoms with E-state index in [1.54, 1.807) is 6.33 Å². The van der Waals surface area contributed by atoms with E-state index in [4.69, 9.17) is 4.74 Å². The van der Waals surface area contributed by atoms with Gasteiger partial charge >= 0.3 is 5.97 Å². The van der Waals surface area contributed by atoms with Crippen LogP contribution in [0.3, 0.4) is 0 Å². The molecular weight excluding hydrogens is 364 g/mol. The van der Waals surface area contributed by atoms with Gasteiger partial charge in [-0.1, -0.05) is 0 Å². The van der Waals surface area contributed by atoms with Crippen LogP contribution in [0.2, 0.25) is 0 Å². The molecule has 0 radical (unpaired) electrons. The van der Waals surface area contributed by atoms with Gasteiger partial charge in [0.15, 0.2) is 0 Å². The lowest BCUT2D eigenvalue weighted by molar-refractivity contribution is -0.0466. The number of nitrogens with zero attached hydrogens (tertiary/aromatic N) is 4. The van der Waals surface area contributed by atoms with Crippen LogP contribution in [0.5, 0.6) is 0 Å². The first kappa shape index (κ1) is 18.6. The normalized spacial score (nSPS) is 26.7. The van der Waals surface area contributed by atoms with Gasteiger partial charge in [-0.15, -0.1) is 11.3 Å². The molecule has 2 aliphatic rings. The Morgan fingerprint density at radius 3 is 2.96 bits per heavy atom. The summed E-state index contributed by atoms with van der Waals surface area (Å²) in [7, 11) is 3.52. The molecule has 0 amide bonds. The number of aliphatic hydroxyl groups excluding tert-OH is 1. The highest BCUT2D eigenvalue weighted by Crippen LogP contribution is 2.42. The number of rotatable bonds is 2. The summed E-state index contributed by atoms with van der Waals surface area (Å²) in [6.07, 6.45) is 4.14. The molecule has 27 heavy (non-hydrogen) atoms. The van der Waals surface area contributed by atoms with Crippen molar-refractivity contribution in [2.24, 2.45) is 5.41 Å². The molecule has 4 rings (SSSR count). The summed E-state index contributed by atoms with van der Waals surface area (Å²) in [5, 5.41) is 11.7. The van der Waals surface area contributed by atoms with Crippen LogP contribution in [0.1, 0.15) is 34.5 Å². The number of carbonyl (C=O) groups is 1. The largest absolute Gasteiger partial charge is 0.465 e. The monoisotopic (exact) mass is 390 g/mol. The summed E-state index contributed by atoms with van der Waals surface area (Å²) >= 11 is 1.35. The average Bonchev–Trinajstić information content (AvgIpc) is 3.01. The fraction of sp³-hybridized carbons (Fsp3) is 0.632. The standard InChI is InChI=1S/C19H26N4O3S/c1-12-14-16(20-11-21-17(14)27-15(12)18(25)26-3)23-7-4-6-19(10-23)9-22(2)8-5-13(19)24/h11,13,24H,4-10H2,1-3H3/t13-,19-/m0/s1. The van der Waals surface area contributed by atoms with E-state index in [0.29, 0.717) is 4.88 Å². The number of aromatic nitrogens is 2. The number of piperidine rings is 2. The number of fused-ring (bicyclic) bond motifs is 1. The van der Waals surface area contributed by atoms with Gasteiger partial charge in [0.1, 0.15) is 21.9 Å². The zero-order valence-electron chi connectivity index (χ0n) is 16.1. The maximum absolute atomic E-state index is 12.1. The topological polar surface area (TPSA) is 78.8 Å². The first-order valence-corrected chi connectivity index (χ1v) is 10.2. The summed E-state index contributed by atoms with van der Waals surface area (Å²) in [5.41, 5.74) is 0.746. The van der Waals surface area contributed by atoms with Crippen LogP contribution in [0.4, 0.5) is 5.82 Å². The maximum Gasteiger partial charge on any atom is 0.348 e. The van der Waals surface area contributed by atoms with Crippen molar-refractivity contribution in [2.75, 3.05) is 45.2 Å². The second-order valence-corrected chi connectivity index (χ2v) is 8.85. The molecule has 146 valence electrons. The number of ether oxygens (including phenoxy) is 1. The highest BCUT2D eigenvalue weighted by Gasteiger charge is 2.45. The first-order valence-electron chi connectivity index (χ1n) is 9.39. The predicted molar refractivity (Wildman–Crippen MR) is 105 cm³/mol. The fourth-order valence-corrected chi connectivity index (χ4v) is 5.75. The number of thiophene rings is 1. The minimum atomic E-state index is -0.333. The van der Waals surface area contributed by atoms with E-state index in [0.717, 1.165) is 67.0 Å². The summed E-state index contributed by atoms with van der Waals surface area (Å²) < 4.78 is 4.92. The molecule has 2 aromatic heterocycles. The van der Waals surface area contributed by atoms with Crippen LogP contribution >= 0.6 is 11.3 Å². The Hall–Kier alpha value is -1.77. The molecule has 8 heteroatoms. The lowest BCUT2D eigenvalue weighted by atomic mass is 9.71. The second kappa shape index (κ2) is 7.00. The zero-order chi connectivity index (χ0) is 19.2. The predicted octanol–water partition coefficient (Wildman–Crippen LogP) is 2.07. The summed E-state index contributed by atoms with van der Waals surface area (Å²) in [6.45, 7) is 5.43. The fourth-order valence-electron chi connectivity index (χ4n) is 4.69. The molecule has 0 unspecified atom stereocenters. The minimum absolute atomic E-state index is 0.127. The van der Waals surface area contributed by atoms with Crippen LogP contribution in [0.25, 0.3) is 10.2 Å². The third kappa shape index (κ3) is 3.09. The number of aryl methyl sites for hydroxylation is 1. The molecule has 2 atom stereocenters. The van der Waals surface area contributed by atoms with Crippen LogP contribution in [-0.2, 0) is 4.74 Å². The van der Waals surface area contributed by atoms with Gasteiger partial charge in [-0.2, -0.15) is 0 Å². The molecule has 1 spiro atoms. The van der Waals surface area contributed by atoms with Crippen molar-refractivity contribution in [3.63, 3.8) is 0 Å². The third-order valence-electron chi connectivity index (χ3n) is 6.06. The lowest BCUT2D eigenvalue weighted by Gasteiger charge is -2.50. The Kier molecular flexibility index (Phi) is 4.82. The molecule has 2 fully saturated rings. The molecule has 0 bridgehead atoms. The zero-order valence-corrected chi connectivity index (χ0v) is 16.9. The number of esters is 1. The van der Waals surface area contributed by atoms with Crippen LogP contribution in [-0.4, -0.2) is 72.4 Å². The molecule has 1 N–H and O–H groups in total. The van der Waals surface area contributed by atoms with Gasteiger partial charge in [0, 0.05) is 31.6 Å². The first-order chi connectivity index (χ1) is 12.9. The van der Waals surface area contributed by atoms with Gasteiger partial charge < -0.3 is 19.6 Å². The van der Waals surface area contributed by atoms with Crippen molar-refractivity contribution >= 4 is 33.3 Å². The second-order valence-electron chi connectivity index (χ2n) is 7.85. The lowest BCUT2D eigenvalue weighted by Crippen LogP contribution is -2.58. The van der Waals surface area contributed by atoms with Crippen molar-refractivity contribution in [2.45, 2.75) is 32.3 Å². The Morgan fingerprint density at radius 1 is 1.37 bits per heavy atom. The van der Waals surface area contributed by atoms with Gasteiger partial charge in [-0.3, -0.25) is 0 Å². The molecule has 2 aliphatic heterocycles. The quantitative estimate of drug-likeness (QED) is 0.787. The van der Waals surface area contributed by atoms with E-state index in [2.05, 4.69) is 26.8 Å². The van der Waals surface area contributed by atoms with Crippen molar-refractivity contribution < 1.29 is 14.6 Å². The third-order valence-corrected chi connectivity index (χ3v) is 7.24. The van der Waals surface area contributed by atoms with Crippen molar-refractivity contribution in [3.8, 4) is 0 Å². The van der Waals surface area contributed by atoms with Gasteiger partial charge in [-0.25, -0.2) is 14.8 Å². The molecule has 0 saturated carbocycles. The van der Waals surface area contributed by atoms with Gasteiger partial charge in [0.05, 0.1) is 18.6 Å². The minimum Gasteiger partial charge on any atom is -0.465 e. The average molecular weight is 391 g/mol. The van der Waals surface area contributed by atoms with Crippen LogP contribution < -0.4 is 4.90 Å². The van der Waals surface area contributed by atoms with Crippen LogP contribution in [0, 0.1) is 12.3 Å². The summed E-state index contributed by atoms with van der Waals surface area (Å²) in [5.74, 6) is 0.532. The number of hydrogen-bond acceptors (Lipinski definition) is 8. The SMILES string of the molecule is COC(=O)c1sc2ncnc(N3CCC[C@]4(CN(C)CC[C@@H]4O)C3)c2c1C. The molecular formula is C19H26N4O3S. The van der Waals surface area contributed by atoms with E-state index in [-0.39, 0.29) is 17.5 Å². The highest BCUT2D eigenvalue weighted by molar-refractivity contribution is 7.20. The van der Waals surface area contributed by atoms with Gasteiger partial charge in [0.2, 0.25) is 0 Å². The highest BCUT2D eigenvalue weighted by atomic mass is 32.1. The number of likely N-dealkylation sites (tertiary alicyclic amines) is 1. The van der Waals surface area contributed by atoms with E-state index >= 15 is 0 Å². The van der Waals surface area contributed by atoms with E-state index in [1.807, 2.05) is 6.92 Å². The Balaban J connectivity index is 1.74. The summed E-state index contributed by atoms with van der Waals surface area (Å²) in [4.78, 5) is 27.0. The number of anilines is 1. The molecule has 4 heterocycles. The van der Waals surface area contributed by atoms with E-state index in [1.165, 1.54) is 18.4 Å². The van der Waals surface area contributed by atoms with Gasteiger partial charge in [0.25, 0.3) is 0 Å². The maximum atomic E-state index is 12.1. The summed E-state index contributed by atoms with van der Waals surface area (Å²) in [6, 6.07) is 0. The smallest absolute Gasteiger partial charge is 0.348 e. The van der Waals surface area contributed by atoms with Crippen molar-refractivity contribution in [1.29, 1.82) is 0 Å². The molecule has 7 nitrogen and oxygen atoms in total. The Labute approximate surface area is 163 Å². The molecule has 2 saturated heterocycles. The molecule has 2 aromatic rings. The molecule has 0 aromatic carbocycles. The van der Waals surface area contributed by atoms with Crippen LogP contribution in [0.15, 0.2) is 6.33 Å². The number of hydrogen-bond donors (Lipinski definition) is 1. The van der Waals surface area contributed by atoms with E-state index in [9.17, 15) is 9.90 Å². The van der Waals surface area contributed by atoms with Crippen molar-refractivity contribution in [3.05, 3.63) is 16.8 Å². The molecule has 0 aliphatic carbocycles. The number of methoxy groups -OCH3 is 1. The van der Waals surface area contributed by atoms with Crippen molar-refractivity contribution in [1.82, 2.24) is 14.9 Å². The Morgan fingerprint density at radius 2 is 2.19 bits per heavy atom. The van der Waals surface area contributed by atoms with E-state index < -0.39 is 0 Å². The Bertz CT molecular complexity index is 870. The number of carbonyl (C=O) groups excluding carboxylic acids is 1. The number of aliphatic hydroxyl groups is 1. The van der Waals surface area contributed by atoms with Gasteiger partial charge in [-0.05, 0) is 38.8 Å².